The standard InChI is InChI=1S/C29H54N2O4/c1-9-22(26(33)35-23-17-21(2)30-27(3,4)18-23)15-13-11-10-12-14-16-25(32)34-24-19-28(5,6)31-29(7,8)20-24/h21-24,30-31H,9-20H2,1-8H3. The molecule has 2 aliphatic heterocycles. The van der Waals surface area contributed by atoms with Gasteiger partial charge in [0.05, 0.1) is 5.92 Å². The first-order valence-corrected chi connectivity index (χ1v) is 14.2. The lowest BCUT2D eigenvalue weighted by molar-refractivity contribution is -0.157. The van der Waals surface area contributed by atoms with Gasteiger partial charge in [0.1, 0.15) is 12.2 Å². The third-order valence-electron chi connectivity index (χ3n) is 7.48. The summed E-state index contributed by atoms with van der Waals surface area (Å²) in [6.07, 6.45) is 10.8. The Morgan fingerprint density at radius 1 is 0.829 bits per heavy atom. The van der Waals surface area contributed by atoms with Gasteiger partial charge in [-0.05, 0) is 74.1 Å². The van der Waals surface area contributed by atoms with Crippen molar-refractivity contribution in [1.29, 1.82) is 0 Å². The molecule has 3 unspecified atom stereocenters. The minimum atomic E-state index is -0.0623. The molecule has 0 radical (unpaired) electrons. The maximum Gasteiger partial charge on any atom is 0.309 e. The van der Waals surface area contributed by atoms with Gasteiger partial charge < -0.3 is 20.1 Å². The van der Waals surface area contributed by atoms with E-state index in [0.717, 1.165) is 70.6 Å². The number of unbranched alkanes of at least 4 members (excludes halogenated alkanes) is 4. The largest absolute Gasteiger partial charge is 0.462 e. The molecule has 0 aromatic heterocycles. The van der Waals surface area contributed by atoms with Crippen molar-refractivity contribution >= 4 is 11.9 Å². The van der Waals surface area contributed by atoms with Crippen LogP contribution in [0.4, 0.5) is 0 Å². The zero-order chi connectivity index (χ0) is 26.3. The lowest BCUT2D eigenvalue weighted by atomic mass is 9.81. The lowest BCUT2D eigenvalue weighted by Gasteiger charge is -2.45. The topological polar surface area (TPSA) is 76.7 Å². The van der Waals surface area contributed by atoms with E-state index in [4.69, 9.17) is 9.47 Å². The van der Waals surface area contributed by atoms with Crippen molar-refractivity contribution in [3.05, 3.63) is 0 Å². The van der Waals surface area contributed by atoms with Gasteiger partial charge in [-0.3, -0.25) is 9.59 Å². The van der Waals surface area contributed by atoms with E-state index in [0.29, 0.717) is 12.5 Å². The van der Waals surface area contributed by atoms with Crippen molar-refractivity contribution in [1.82, 2.24) is 10.6 Å². The minimum Gasteiger partial charge on any atom is -0.462 e. The second kappa shape index (κ2) is 12.9. The molecule has 2 N–H and O–H groups in total. The van der Waals surface area contributed by atoms with Crippen LogP contribution in [0.5, 0.6) is 0 Å². The molecule has 0 aliphatic carbocycles. The Morgan fingerprint density at radius 2 is 1.40 bits per heavy atom. The van der Waals surface area contributed by atoms with Crippen molar-refractivity contribution in [3.63, 3.8) is 0 Å². The SMILES string of the molecule is CCC(CCCCCCCC(=O)OC1CC(C)(C)NC(C)(C)C1)C(=O)OC1CC(C)NC(C)(C)C1. The maximum absolute atomic E-state index is 12.7. The quantitative estimate of drug-likeness (QED) is 0.254. The molecule has 2 aliphatic rings. The molecule has 2 saturated heterocycles. The van der Waals surface area contributed by atoms with Crippen LogP contribution in [-0.2, 0) is 19.1 Å². The fraction of sp³-hybridized carbons (Fsp3) is 0.931. The first-order chi connectivity index (χ1) is 16.2. The Hall–Kier alpha value is -1.14. The van der Waals surface area contributed by atoms with Gasteiger partial charge in [0.2, 0.25) is 0 Å². The fourth-order valence-electron chi connectivity index (χ4n) is 6.42. The zero-order valence-corrected chi connectivity index (χ0v) is 23.9. The molecule has 2 rings (SSSR count). The number of esters is 2. The van der Waals surface area contributed by atoms with Crippen LogP contribution in [0, 0.1) is 5.92 Å². The molecule has 0 amide bonds. The van der Waals surface area contributed by atoms with Crippen molar-refractivity contribution in [3.8, 4) is 0 Å². The van der Waals surface area contributed by atoms with Gasteiger partial charge >= 0.3 is 11.9 Å². The number of carbonyl (C=O) groups is 2. The van der Waals surface area contributed by atoms with Crippen LogP contribution in [0.2, 0.25) is 0 Å². The van der Waals surface area contributed by atoms with Crippen LogP contribution >= 0.6 is 0 Å². The van der Waals surface area contributed by atoms with Crippen molar-refractivity contribution in [2.24, 2.45) is 5.92 Å². The van der Waals surface area contributed by atoms with E-state index in [1.807, 2.05) is 0 Å². The van der Waals surface area contributed by atoms with Crippen LogP contribution in [0.1, 0.15) is 132 Å². The number of rotatable bonds is 12. The van der Waals surface area contributed by atoms with Crippen LogP contribution in [0.25, 0.3) is 0 Å². The summed E-state index contributed by atoms with van der Waals surface area (Å²) in [7, 11) is 0. The number of hydrogen-bond acceptors (Lipinski definition) is 6. The van der Waals surface area contributed by atoms with Crippen molar-refractivity contribution in [2.45, 2.75) is 167 Å². The average molecular weight is 495 g/mol. The highest BCUT2D eigenvalue weighted by atomic mass is 16.5. The summed E-state index contributed by atoms with van der Waals surface area (Å²) in [6, 6.07) is 0.368. The van der Waals surface area contributed by atoms with Gasteiger partial charge in [0.15, 0.2) is 0 Å². The summed E-state index contributed by atoms with van der Waals surface area (Å²) in [6.45, 7) is 17.3. The average Bonchev–Trinajstić information content (AvgIpc) is 2.65. The van der Waals surface area contributed by atoms with E-state index in [1.165, 1.54) is 0 Å². The van der Waals surface area contributed by atoms with Gasteiger partial charge in [-0.25, -0.2) is 0 Å². The highest BCUT2D eigenvalue weighted by Crippen LogP contribution is 2.31. The highest BCUT2D eigenvalue weighted by molar-refractivity contribution is 5.72. The molecule has 3 atom stereocenters. The van der Waals surface area contributed by atoms with E-state index >= 15 is 0 Å². The first kappa shape index (κ1) is 30.1. The molecule has 0 bridgehead atoms. The zero-order valence-electron chi connectivity index (χ0n) is 23.9. The van der Waals surface area contributed by atoms with Gasteiger partial charge in [-0.1, -0.05) is 32.6 Å². The van der Waals surface area contributed by atoms with E-state index in [-0.39, 0.29) is 46.7 Å². The third-order valence-corrected chi connectivity index (χ3v) is 7.48. The van der Waals surface area contributed by atoms with Crippen LogP contribution in [-0.4, -0.2) is 46.8 Å². The molecule has 2 heterocycles. The summed E-state index contributed by atoms with van der Waals surface area (Å²) in [5.74, 6) is -0.0844. The van der Waals surface area contributed by atoms with Crippen LogP contribution in [0.3, 0.4) is 0 Å². The Labute approximate surface area is 215 Å². The Kier molecular flexibility index (Phi) is 11.1. The summed E-state index contributed by atoms with van der Waals surface area (Å²) in [5, 5.41) is 7.20. The van der Waals surface area contributed by atoms with Crippen molar-refractivity contribution < 1.29 is 19.1 Å². The third kappa shape index (κ3) is 11.2. The second-order valence-corrected chi connectivity index (χ2v) is 13.3. The normalized spacial score (nSPS) is 26.6. The maximum atomic E-state index is 12.7. The molecular weight excluding hydrogens is 440 g/mol. The second-order valence-electron chi connectivity index (χ2n) is 13.3. The first-order valence-electron chi connectivity index (χ1n) is 14.2. The van der Waals surface area contributed by atoms with E-state index in [9.17, 15) is 9.59 Å². The summed E-state index contributed by atoms with van der Waals surface area (Å²) < 4.78 is 11.7. The molecule has 35 heavy (non-hydrogen) atoms. The molecule has 0 spiro atoms. The predicted molar refractivity (Wildman–Crippen MR) is 142 cm³/mol. The lowest BCUT2D eigenvalue weighted by Crippen LogP contribution is -2.59. The van der Waals surface area contributed by atoms with E-state index < -0.39 is 0 Å². The molecule has 6 heteroatoms. The smallest absolute Gasteiger partial charge is 0.309 e. The van der Waals surface area contributed by atoms with Gasteiger partial charge in [-0.15, -0.1) is 0 Å². The molecule has 0 aromatic rings. The molecule has 204 valence electrons. The number of piperidine rings is 2. The van der Waals surface area contributed by atoms with Crippen LogP contribution in [0.15, 0.2) is 0 Å². The molecule has 0 saturated carbocycles. The Balaban J connectivity index is 1.58. The molecular formula is C29H54N2O4. The molecule has 2 fully saturated rings. The van der Waals surface area contributed by atoms with Gasteiger partial charge in [0, 0.05) is 48.3 Å². The number of nitrogens with one attached hydrogen (secondary N) is 2. The Bertz CT molecular complexity index is 672. The number of ether oxygens (including phenoxy) is 2. The van der Waals surface area contributed by atoms with Gasteiger partial charge in [-0.2, -0.15) is 0 Å². The predicted octanol–water partition coefficient (Wildman–Crippen LogP) is 6.06. The van der Waals surface area contributed by atoms with E-state index in [2.05, 4.69) is 66.0 Å². The number of hydrogen-bond donors (Lipinski definition) is 2. The molecule has 0 aromatic carbocycles. The van der Waals surface area contributed by atoms with Gasteiger partial charge in [0.25, 0.3) is 0 Å². The summed E-state index contributed by atoms with van der Waals surface area (Å²) in [4.78, 5) is 25.1. The minimum absolute atomic E-state index is 0.00126. The van der Waals surface area contributed by atoms with Crippen molar-refractivity contribution in [2.75, 3.05) is 0 Å². The molecule has 6 nitrogen and oxygen atoms in total. The van der Waals surface area contributed by atoms with Crippen LogP contribution < -0.4 is 10.6 Å². The highest BCUT2D eigenvalue weighted by Gasteiger charge is 2.39. The fourth-order valence-corrected chi connectivity index (χ4v) is 6.42. The Morgan fingerprint density at radius 3 is 2.00 bits per heavy atom. The number of carbonyl (C=O) groups excluding carboxylic acids is 2. The summed E-state index contributed by atoms with van der Waals surface area (Å²) >= 11 is 0. The van der Waals surface area contributed by atoms with E-state index in [1.54, 1.807) is 0 Å². The summed E-state index contributed by atoms with van der Waals surface area (Å²) in [5.41, 5.74) is -0.0201. The monoisotopic (exact) mass is 494 g/mol.